The molecule has 4 N–H and O–H groups in total. The number of phenolic OH excluding ortho intramolecular Hbond substituents is 1. The molecule has 0 saturated carbocycles. The zero-order chi connectivity index (χ0) is 14.7. The lowest BCUT2D eigenvalue weighted by atomic mass is 9.92. The average Bonchev–Trinajstić information content (AvgIpc) is 2.37. The Kier molecular flexibility index (Phi) is 3.96. The quantitative estimate of drug-likeness (QED) is 0.638. The highest BCUT2D eigenvalue weighted by atomic mass is 16.3. The van der Waals surface area contributed by atoms with Gasteiger partial charge in [-0.2, -0.15) is 0 Å². The molecule has 1 aromatic carbocycles. The summed E-state index contributed by atoms with van der Waals surface area (Å²) in [4.78, 5) is 0. The first-order chi connectivity index (χ1) is 9.47. The molecule has 0 bridgehead atoms. The minimum atomic E-state index is -0.975. The van der Waals surface area contributed by atoms with Gasteiger partial charge in [0.2, 0.25) is 0 Å². The summed E-state index contributed by atoms with van der Waals surface area (Å²) in [5, 5.41) is 38.1. The Balaban J connectivity index is 2.20. The van der Waals surface area contributed by atoms with E-state index in [4.69, 9.17) is 0 Å². The maximum absolute atomic E-state index is 9.87. The van der Waals surface area contributed by atoms with Crippen LogP contribution in [0.5, 0.6) is 5.75 Å². The molecule has 0 heterocycles. The van der Waals surface area contributed by atoms with E-state index in [-0.39, 0.29) is 23.7 Å². The molecule has 1 aliphatic rings. The van der Waals surface area contributed by atoms with Crippen molar-refractivity contribution in [3.63, 3.8) is 0 Å². The fraction of sp³-hybridized carbons (Fsp3) is 0.125. The SMILES string of the molecule is C=C(/C=C/c1ccc(O)cc1)C1=C(O)C=C(O)CC1O. The molecule has 0 saturated heterocycles. The summed E-state index contributed by atoms with van der Waals surface area (Å²) >= 11 is 0. The lowest BCUT2D eigenvalue weighted by molar-refractivity contribution is 0.181. The van der Waals surface area contributed by atoms with Crippen molar-refractivity contribution in [2.45, 2.75) is 12.5 Å². The van der Waals surface area contributed by atoms with E-state index in [0.29, 0.717) is 11.1 Å². The number of allylic oxidation sites excluding steroid dienone is 2. The molecule has 0 fully saturated rings. The normalized spacial score (nSPS) is 19.2. The highest BCUT2D eigenvalue weighted by molar-refractivity contribution is 5.58. The van der Waals surface area contributed by atoms with E-state index in [1.807, 2.05) is 0 Å². The third-order valence-electron chi connectivity index (χ3n) is 3.03. The summed E-state index contributed by atoms with van der Waals surface area (Å²) in [6, 6.07) is 6.59. The molecule has 0 amide bonds. The number of hydrogen-bond acceptors (Lipinski definition) is 4. The molecular weight excluding hydrogens is 256 g/mol. The second-order valence-corrected chi connectivity index (χ2v) is 4.60. The van der Waals surface area contributed by atoms with Crippen molar-refractivity contribution in [1.29, 1.82) is 0 Å². The number of aromatic hydroxyl groups is 1. The number of rotatable bonds is 3. The molecule has 0 aliphatic heterocycles. The molecule has 2 rings (SSSR count). The standard InChI is InChI=1S/C16H16O4/c1-10(2-3-11-4-6-12(17)7-5-11)16-14(19)8-13(18)9-15(16)20/h2-8,15,17-20H,1,9H2/b3-2+. The van der Waals surface area contributed by atoms with E-state index in [0.717, 1.165) is 5.56 Å². The molecule has 20 heavy (non-hydrogen) atoms. The maximum atomic E-state index is 9.87. The lowest BCUT2D eigenvalue weighted by Crippen LogP contribution is -2.18. The minimum absolute atomic E-state index is 0.0610. The topological polar surface area (TPSA) is 80.9 Å². The molecule has 1 aromatic rings. The molecule has 0 radical (unpaired) electrons. The first-order valence-electron chi connectivity index (χ1n) is 6.14. The molecule has 4 heteroatoms. The van der Waals surface area contributed by atoms with Crippen LogP contribution in [0.25, 0.3) is 6.08 Å². The van der Waals surface area contributed by atoms with Gasteiger partial charge in [0.1, 0.15) is 11.5 Å². The minimum Gasteiger partial charge on any atom is -0.512 e. The van der Waals surface area contributed by atoms with Gasteiger partial charge in [0.25, 0.3) is 0 Å². The van der Waals surface area contributed by atoms with Crippen molar-refractivity contribution >= 4 is 6.08 Å². The van der Waals surface area contributed by atoms with E-state index < -0.39 is 6.10 Å². The van der Waals surface area contributed by atoms with Gasteiger partial charge in [-0.3, -0.25) is 0 Å². The van der Waals surface area contributed by atoms with Gasteiger partial charge in [-0.1, -0.05) is 30.9 Å². The Labute approximate surface area is 116 Å². The molecular formula is C16H16O4. The Morgan fingerprint density at radius 3 is 2.40 bits per heavy atom. The van der Waals surface area contributed by atoms with Crippen LogP contribution in [0.3, 0.4) is 0 Å². The Bertz CT molecular complexity index is 606. The monoisotopic (exact) mass is 272 g/mol. The van der Waals surface area contributed by atoms with E-state index in [1.165, 1.54) is 6.08 Å². The van der Waals surface area contributed by atoms with Gasteiger partial charge in [0.05, 0.1) is 11.9 Å². The summed E-state index contributed by atoms with van der Waals surface area (Å²) in [7, 11) is 0. The maximum Gasteiger partial charge on any atom is 0.125 e. The van der Waals surface area contributed by atoms with Crippen molar-refractivity contribution < 1.29 is 20.4 Å². The van der Waals surface area contributed by atoms with Crippen LogP contribution >= 0.6 is 0 Å². The Hall–Kier alpha value is -2.46. The molecule has 1 atom stereocenters. The van der Waals surface area contributed by atoms with Gasteiger partial charge >= 0.3 is 0 Å². The number of aliphatic hydroxyl groups excluding tert-OH is 3. The summed E-state index contributed by atoms with van der Waals surface area (Å²) in [5.41, 5.74) is 1.62. The second kappa shape index (κ2) is 5.67. The largest absolute Gasteiger partial charge is 0.512 e. The van der Waals surface area contributed by atoms with E-state index in [1.54, 1.807) is 36.4 Å². The molecule has 104 valence electrons. The van der Waals surface area contributed by atoms with Crippen LogP contribution < -0.4 is 0 Å². The van der Waals surface area contributed by atoms with Gasteiger partial charge in [-0.25, -0.2) is 0 Å². The highest BCUT2D eigenvalue weighted by Crippen LogP contribution is 2.27. The summed E-state index contributed by atoms with van der Waals surface area (Å²) < 4.78 is 0. The number of aliphatic hydroxyl groups is 3. The van der Waals surface area contributed by atoms with E-state index in [2.05, 4.69) is 6.58 Å². The van der Waals surface area contributed by atoms with E-state index >= 15 is 0 Å². The summed E-state index contributed by atoms with van der Waals surface area (Å²) in [6.07, 6.45) is 3.72. The van der Waals surface area contributed by atoms with Crippen molar-refractivity contribution in [3.8, 4) is 5.75 Å². The van der Waals surface area contributed by atoms with Crippen molar-refractivity contribution in [1.82, 2.24) is 0 Å². The molecule has 0 spiro atoms. The van der Waals surface area contributed by atoms with Crippen LogP contribution in [-0.4, -0.2) is 26.5 Å². The number of phenols is 1. The van der Waals surface area contributed by atoms with Crippen molar-refractivity contribution in [3.05, 3.63) is 71.2 Å². The van der Waals surface area contributed by atoms with Gasteiger partial charge < -0.3 is 20.4 Å². The fourth-order valence-corrected chi connectivity index (χ4v) is 2.02. The van der Waals surface area contributed by atoms with Crippen molar-refractivity contribution in [2.75, 3.05) is 0 Å². The van der Waals surface area contributed by atoms with Gasteiger partial charge in [-0.05, 0) is 23.3 Å². The average molecular weight is 272 g/mol. The first-order valence-corrected chi connectivity index (χ1v) is 6.14. The molecule has 4 nitrogen and oxygen atoms in total. The smallest absolute Gasteiger partial charge is 0.125 e. The highest BCUT2D eigenvalue weighted by Gasteiger charge is 2.22. The first kappa shape index (κ1) is 14.0. The van der Waals surface area contributed by atoms with Crippen LogP contribution in [0.4, 0.5) is 0 Å². The van der Waals surface area contributed by atoms with Crippen LogP contribution in [0.1, 0.15) is 12.0 Å². The molecule has 1 unspecified atom stereocenters. The summed E-state index contributed by atoms with van der Waals surface area (Å²) in [5.74, 6) is -0.0553. The number of benzene rings is 1. The number of hydrogen-bond donors (Lipinski definition) is 4. The summed E-state index contributed by atoms with van der Waals surface area (Å²) in [6.45, 7) is 3.81. The Morgan fingerprint density at radius 2 is 1.80 bits per heavy atom. The van der Waals surface area contributed by atoms with Crippen LogP contribution in [0.2, 0.25) is 0 Å². The Morgan fingerprint density at radius 1 is 1.15 bits per heavy atom. The fourth-order valence-electron chi connectivity index (χ4n) is 2.02. The van der Waals surface area contributed by atoms with Crippen LogP contribution in [0, 0.1) is 0 Å². The van der Waals surface area contributed by atoms with E-state index in [9.17, 15) is 20.4 Å². The van der Waals surface area contributed by atoms with Gasteiger partial charge in [0, 0.05) is 18.1 Å². The predicted octanol–water partition coefficient (Wildman–Crippen LogP) is 2.98. The van der Waals surface area contributed by atoms with Crippen LogP contribution in [-0.2, 0) is 0 Å². The zero-order valence-corrected chi connectivity index (χ0v) is 10.8. The predicted molar refractivity (Wildman–Crippen MR) is 77.3 cm³/mol. The van der Waals surface area contributed by atoms with Crippen molar-refractivity contribution in [2.24, 2.45) is 0 Å². The van der Waals surface area contributed by atoms with Crippen LogP contribution in [0.15, 0.2) is 65.7 Å². The third kappa shape index (κ3) is 3.10. The molecule has 1 aliphatic carbocycles. The van der Waals surface area contributed by atoms with Gasteiger partial charge in [0.15, 0.2) is 0 Å². The lowest BCUT2D eigenvalue weighted by Gasteiger charge is -2.20. The molecule has 0 aromatic heterocycles. The van der Waals surface area contributed by atoms with Gasteiger partial charge in [-0.15, -0.1) is 0 Å². The third-order valence-corrected chi connectivity index (χ3v) is 3.03. The zero-order valence-electron chi connectivity index (χ0n) is 10.8. The second-order valence-electron chi connectivity index (χ2n) is 4.60.